The fraction of sp³-hybridized carbons (Fsp3) is 0.167. The highest BCUT2D eigenvalue weighted by Crippen LogP contribution is 2.23. The molecule has 0 saturated heterocycles. The number of nitrogens with zero attached hydrogens (tertiary/aromatic N) is 1. The molecule has 0 amide bonds. The number of thiophene rings is 1. The van der Waals surface area contributed by atoms with Gasteiger partial charge < -0.3 is 16.4 Å². The Labute approximate surface area is 99.3 Å². The van der Waals surface area contributed by atoms with E-state index in [9.17, 15) is 0 Å². The Hall–Kier alpha value is -1.68. The third kappa shape index (κ3) is 2.28. The number of nitrogens with two attached hydrogens (primary N) is 2. The van der Waals surface area contributed by atoms with Crippen LogP contribution >= 0.6 is 11.3 Å². The Morgan fingerprint density at radius 3 is 2.62 bits per heavy atom. The van der Waals surface area contributed by atoms with Crippen molar-refractivity contribution < 1.29 is 0 Å². The molecule has 0 atom stereocenters. The van der Waals surface area contributed by atoms with Crippen LogP contribution in [0.1, 0.15) is 5.56 Å². The van der Waals surface area contributed by atoms with Gasteiger partial charge in [-0.05, 0) is 40.6 Å². The van der Waals surface area contributed by atoms with Crippen LogP contribution in [0.2, 0.25) is 0 Å². The van der Waals surface area contributed by atoms with Crippen LogP contribution in [-0.4, -0.2) is 7.05 Å². The Kier molecular flexibility index (Phi) is 3.01. The van der Waals surface area contributed by atoms with Crippen molar-refractivity contribution in [3.8, 4) is 0 Å². The maximum absolute atomic E-state index is 5.78. The van der Waals surface area contributed by atoms with Gasteiger partial charge in [0.2, 0.25) is 0 Å². The molecule has 0 aliphatic rings. The molecular weight excluding hydrogens is 218 g/mol. The molecule has 2 rings (SSSR count). The summed E-state index contributed by atoms with van der Waals surface area (Å²) in [5, 5.41) is 4.23. The molecule has 4 N–H and O–H groups in total. The summed E-state index contributed by atoms with van der Waals surface area (Å²) in [4.78, 5) is 2.15. The number of hydrogen-bond acceptors (Lipinski definition) is 4. The minimum absolute atomic E-state index is 0.632. The van der Waals surface area contributed by atoms with Gasteiger partial charge in [0.15, 0.2) is 0 Å². The van der Waals surface area contributed by atoms with Gasteiger partial charge in [-0.25, -0.2) is 0 Å². The summed E-state index contributed by atoms with van der Waals surface area (Å²) in [7, 11) is 2.04. The van der Waals surface area contributed by atoms with E-state index in [1.807, 2.05) is 25.2 Å². The van der Waals surface area contributed by atoms with Gasteiger partial charge in [0.25, 0.3) is 0 Å². The van der Waals surface area contributed by atoms with Crippen molar-refractivity contribution in [2.45, 2.75) is 6.54 Å². The Morgan fingerprint density at radius 1 is 1.19 bits per heavy atom. The molecule has 3 nitrogen and oxygen atoms in total. The van der Waals surface area contributed by atoms with E-state index in [0.717, 1.165) is 12.2 Å². The van der Waals surface area contributed by atoms with Gasteiger partial charge in [-0.15, -0.1) is 0 Å². The van der Waals surface area contributed by atoms with Crippen molar-refractivity contribution in [2.75, 3.05) is 23.4 Å². The summed E-state index contributed by atoms with van der Waals surface area (Å²) in [6.07, 6.45) is 0. The third-order valence-electron chi connectivity index (χ3n) is 2.51. The average Bonchev–Trinajstić information content (AvgIpc) is 2.74. The molecule has 0 radical (unpaired) electrons. The zero-order chi connectivity index (χ0) is 11.5. The molecule has 4 heteroatoms. The van der Waals surface area contributed by atoms with Crippen molar-refractivity contribution in [1.29, 1.82) is 0 Å². The lowest BCUT2D eigenvalue weighted by Crippen LogP contribution is -2.16. The number of benzene rings is 1. The number of nitrogen functional groups attached to an aromatic ring is 2. The molecule has 84 valence electrons. The molecule has 0 aliphatic carbocycles. The van der Waals surface area contributed by atoms with Crippen molar-refractivity contribution in [2.24, 2.45) is 0 Å². The van der Waals surface area contributed by atoms with Gasteiger partial charge in [-0.2, -0.15) is 11.3 Å². The van der Waals surface area contributed by atoms with Crippen molar-refractivity contribution in [3.63, 3.8) is 0 Å². The van der Waals surface area contributed by atoms with Gasteiger partial charge in [-0.1, -0.05) is 0 Å². The maximum atomic E-state index is 5.78. The first kappa shape index (κ1) is 10.8. The van der Waals surface area contributed by atoms with Crippen LogP contribution in [-0.2, 0) is 6.54 Å². The summed E-state index contributed by atoms with van der Waals surface area (Å²) >= 11 is 1.71. The molecule has 1 aromatic heterocycles. The van der Waals surface area contributed by atoms with Gasteiger partial charge in [0.1, 0.15) is 0 Å². The number of hydrogen-bond donors (Lipinski definition) is 2. The van der Waals surface area contributed by atoms with Gasteiger partial charge in [0.05, 0.1) is 11.4 Å². The quantitative estimate of drug-likeness (QED) is 0.801. The molecule has 1 aromatic carbocycles. The summed E-state index contributed by atoms with van der Waals surface area (Å²) in [6.45, 7) is 0.882. The lowest BCUT2D eigenvalue weighted by molar-refractivity contribution is 0.928. The summed E-state index contributed by atoms with van der Waals surface area (Å²) in [5.41, 5.74) is 15.1. The highest BCUT2D eigenvalue weighted by atomic mass is 32.1. The van der Waals surface area contributed by atoms with E-state index in [1.54, 1.807) is 11.3 Å². The molecule has 0 saturated carbocycles. The molecule has 2 aromatic rings. The van der Waals surface area contributed by atoms with Crippen LogP contribution in [0.4, 0.5) is 17.1 Å². The third-order valence-corrected chi connectivity index (χ3v) is 3.24. The molecule has 0 fully saturated rings. The number of anilines is 3. The van der Waals surface area contributed by atoms with E-state index < -0.39 is 0 Å². The predicted molar refractivity (Wildman–Crippen MR) is 71.7 cm³/mol. The lowest BCUT2D eigenvalue weighted by atomic mass is 10.2. The van der Waals surface area contributed by atoms with Crippen LogP contribution in [0.3, 0.4) is 0 Å². The zero-order valence-electron chi connectivity index (χ0n) is 9.18. The first-order valence-electron chi connectivity index (χ1n) is 5.04. The van der Waals surface area contributed by atoms with E-state index in [2.05, 4.69) is 21.7 Å². The smallest absolute Gasteiger partial charge is 0.0568 e. The van der Waals surface area contributed by atoms with E-state index in [1.165, 1.54) is 5.56 Å². The van der Waals surface area contributed by atoms with Crippen molar-refractivity contribution in [3.05, 3.63) is 40.6 Å². The first-order chi connectivity index (χ1) is 7.66. The monoisotopic (exact) mass is 233 g/mol. The van der Waals surface area contributed by atoms with Crippen LogP contribution in [0.15, 0.2) is 35.0 Å². The van der Waals surface area contributed by atoms with E-state index in [4.69, 9.17) is 11.5 Å². The molecule has 16 heavy (non-hydrogen) atoms. The zero-order valence-corrected chi connectivity index (χ0v) is 10.00. The van der Waals surface area contributed by atoms with E-state index >= 15 is 0 Å². The second kappa shape index (κ2) is 4.45. The first-order valence-corrected chi connectivity index (χ1v) is 5.98. The molecule has 0 spiro atoms. The lowest BCUT2D eigenvalue weighted by Gasteiger charge is -2.19. The van der Waals surface area contributed by atoms with Gasteiger partial charge in [-0.3, -0.25) is 0 Å². The Bertz CT molecular complexity index is 465. The second-order valence-corrected chi connectivity index (χ2v) is 4.58. The van der Waals surface area contributed by atoms with Crippen LogP contribution in [0, 0.1) is 0 Å². The second-order valence-electron chi connectivity index (χ2n) is 3.80. The van der Waals surface area contributed by atoms with Crippen molar-refractivity contribution >= 4 is 28.4 Å². The Morgan fingerprint density at radius 2 is 2.00 bits per heavy atom. The molecule has 0 unspecified atom stereocenters. The van der Waals surface area contributed by atoms with Gasteiger partial charge in [0, 0.05) is 19.3 Å². The minimum Gasteiger partial charge on any atom is -0.397 e. The summed E-state index contributed by atoms with van der Waals surface area (Å²) in [6, 6.07) is 7.86. The maximum Gasteiger partial charge on any atom is 0.0568 e. The topological polar surface area (TPSA) is 55.3 Å². The fourth-order valence-corrected chi connectivity index (χ4v) is 2.21. The van der Waals surface area contributed by atoms with E-state index in [-0.39, 0.29) is 0 Å². The number of rotatable bonds is 3. The SMILES string of the molecule is CN(Cc1ccsc1)c1ccc(N)c(N)c1. The predicted octanol–water partition coefficient (Wildman–Crippen LogP) is 2.55. The van der Waals surface area contributed by atoms with Crippen LogP contribution in [0.5, 0.6) is 0 Å². The van der Waals surface area contributed by atoms with Crippen molar-refractivity contribution in [1.82, 2.24) is 0 Å². The fourth-order valence-electron chi connectivity index (χ4n) is 1.55. The normalized spacial score (nSPS) is 10.3. The highest BCUT2D eigenvalue weighted by molar-refractivity contribution is 7.07. The largest absolute Gasteiger partial charge is 0.397 e. The molecule has 0 aliphatic heterocycles. The summed E-state index contributed by atoms with van der Waals surface area (Å²) in [5.74, 6) is 0. The molecule has 1 heterocycles. The van der Waals surface area contributed by atoms with Crippen LogP contribution < -0.4 is 16.4 Å². The average molecular weight is 233 g/mol. The Balaban J connectivity index is 2.14. The van der Waals surface area contributed by atoms with Crippen LogP contribution in [0.25, 0.3) is 0 Å². The minimum atomic E-state index is 0.632. The molecular formula is C12H15N3S. The molecule has 0 bridgehead atoms. The highest BCUT2D eigenvalue weighted by Gasteiger charge is 2.04. The standard InChI is InChI=1S/C12H15N3S/c1-15(7-9-4-5-16-8-9)10-2-3-11(13)12(14)6-10/h2-6,8H,7,13-14H2,1H3. The summed E-state index contributed by atoms with van der Waals surface area (Å²) < 4.78 is 0. The van der Waals surface area contributed by atoms with Gasteiger partial charge >= 0.3 is 0 Å². The van der Waals surface area contributed by atoms with E-state index in [0.29, 0.717) is 11.4 Å².